The lowest BCUT2D eigenvalue weighted by molar-refractivity contribution is -0.161. The number of ether oxygens (including phenoxy) is 3. The van der Waals surface area contributed by atoms with Crippen molar-refractivity contribution in [1.29, 1.82) is 0 Å². The summed E-state index contributed by atoms with van der Waals surface area (Å²) in [6.07, 6.45) is 38.6. The zero-order chi connectivity index (χ0) is 34.9. The highest BCUT2D eigenvalue weighted by Gasteiger charge is 2.36. The van der Waals surface area contributed by atoms with Crippen molar-refractivity contribution in [3.63, 3.8) is 0 Å². The monoisotopic (exact) mass is 679 g/mol. The molecule has 0 aromatic rings. The SMILES string of the molecule is CCCCC/C=C\CC1OC1CCCCCCCC(=O)O[C@@H](CO)COC(=O)CCCCCCCCCCCCCCCCC(C)CC. The summed E-state index contributed by atoms with van der Waals surface area (Å²) in [6, 6.07) is 0. The summed E-state index contributed by atoms with van der Waals surface area (Å²) in [5.41, 5.74) is 0. The van der Waals surface area contributed by atoms with Gasteiger partial charge in [0.05, 0.1) is 18.8 Å². The molecule has 0 spiro atoms. The molecule has 1 heterocycles. The van der Waals surface area contributed by atoms with E-state index in [0.717, 1.165) is 63.7 Å². The summed E-state index contributed by atoms with van der Waals surface area (Å²) in [5.74, 6) is 0.295. The minimum absolute atomic E-state index is 0.0712. The third-order valence-corrected chi connectivity index (χ3v) is 10.0. The molecule has 1 fully saturated rings. The van der Waals surface area contributed by atoms with Gasteiger partial charge >= 0.3 is 11.9 Å². The molecule has 1 aliphatic rings. The van der Waals surface area contributed by atoms with Gasteiger partial charge in [0.15, 0.2) is 6.10 Å². The largest absolute Gasteiger partial charge is 0.462 e. The number of carbonyl (C=O) groups excluding carboxylic acids is 2. The fourth-order valence-corrected chi connectivity index (χ4v) is 6.36. The molecular formula is C42H78O6. The van der Waals surface area contributed by atoms with Gasteiger partial charge in [0, 0.05) is 12.8 Å². The van der Waals surface area contributed by atoms with Crippen LogP contribution >= 0.6 is 0 Å². The maximum Gasteiger partial charge on any atom is 0.306 e. The number of aliphatic hydroxyl groups is 1. The highest BCUT2D eigenvalue weighted by molar-refractivity contribution is 5.70. The van der Waals surface area contributed by atoms with Gasteiger partial charge in [-0.15, -0.1) is 0 Å². The highest BCUT2D eigenvalue weighted by atomic mass is 16.6. The lowest BCUT2D eigenvalue weighted by Crippen LogP contribution is -2.28. The van der Waals surface area contributed by atoms with E-state index >= 15 is 0 Å². The molecule has 0 saturated carbocycles. The Labute approximate surface area is 296 Å². The number of aliphatic hydroxyl groups excluding tert-OH is 1. The second kappa shape index (κ2) is 32.8. The Morgan fingerprint density at radius 2 is 1.21 bits per heavy atom. The van der Waals surface area contributed by atoms with Crippen LogP contribution in [0.4, 0.5) is 0 Å². The fourth-order valence-electron chi connectivity index (χ4n) is 6.36. The van der Waals surface area contributed by atoms with Crippen LogP contribution in [0.5, 0.6) is 0 Å². The second-order valence-corrected chi connectivity index (χ2v) is 14.7. The Hall–Kier alpha value is -1.40. The third-order valence-electron chi connectivity index (χ3n) is 10.0. The zero-order valence-electron chi connectivity index (χ0n) is 31.9. The molecule has 48 heavy (non-hydrogen) atoms. The van der Waals surface area contributed by atoms with Gasteiger partial charge in [-0.25, -0.2) is 0 Å². The molecule has 3 unspecified atom stereocenters. The third kappa shape index (κ3) is 28.4. The molecule has 0 aliphatic carbocycles. The van der Waals surface area contributed by atoms with Crippen LogP contribution in [-0.4, -0.2) is 48.6 Å². The lowest BCUT2D eigenvalue weighted by atomic mass is 9.99. The molecule has 0 aromatic heterocycles. The van der Waals surface area contributed by atoms with Crippen molar-refractivity contribution in [3.8, 4) is 0 Å². The van der Waals surface area contributed by atoms with Crippen LogP contribution in [0, 0.1) is 5.92 Å². The maximum absolute atomic E-state index is 12.2. The van der Waals surface area contributed by atoms with E-state index in [2.05, 4.69) is 32.9 Å². The molecular weight excluding hydrogens is 600 g/mol. The quantitative estimate of drug-likeness (QED) is 0.0307. The zero-order valence-corrected chi connectivity index (χ0v) is 31.9. The second-order valence-electron chi connectivity index (χ2n) is 14.7. The van der Waals surface area contributed by atoms with E-state index in [1.54, 1.807) is 0 Å². The first-order valence-corrected chi connectivity index (χ1v) is 20.8. The van der Waals surface area contributed by atoms with Crippen molar-refractivity contribution < 1.29 is 28.9 Å². The number of esters is 2. The van der Waals surface area contributed by atoms with Crippen LogP contribution < -0.4 is 0 Å². The van der Waals surface area contributed by atoms with Crippen LogP contribution in [0.3, 0.4) is 0 Å². The number of allylic oxidation sites excluding steroid dienone is 1. The molecule has 0 amide bonds. The maximum atomic E-state index is 12.2. The summed E-state index contributed by atoms with van der Waals surface area (Å²) in [4.78, 5) is 24.3. The molecule has 1 aliphatic heterocycles. The molecule has 0 aromatic carbocycles. The minimum atomic E-state index is -0.779. The summed E-state index contributed by atoms with van der Waals surface area (Å²) in [6.45, 7) is 6.49. The Kier molecular flexibility index (Phi) is 30.5. The average Bonchev–Trinajstić information content (AvgIpc) is 3.84. The van der Waals surface area contributed by atoms with Gasteiger partial charge in [0.2, 0.25) is 0 Å². The first kappa shape index (κ1) is 44.6. The number of hydrogen-bond donors (Lipinski definition) is 1. The van der Waals surface area contributed by atoms with Crippen molar-refractivity contribution in [2.45, 2.75) is 225 Å². The van der Waals surface area contributed by atoms with Crippen LogP contribution in [-0.2, 0) is 23.8 Å². The van der Waals surface area contributed by atoms with E-state index in [-0.39, 0.29) is 25.2 Å². The predicted octanol–water partition coefficient (Wildman–Crippen LogP) is 11.7. The summed E-state index contributed by atoms with van der Waals surface area (Å²) >= 11 is 0. The van der Waals surface area contributed by atoms with E-state index in [0.29, 0.717) is 25.0 Å². The van der Waals surface area contributed by atoms with Gasteiger partial charge in [-0.1, -0.05) is 168 Å². The van der Waals surface area contributed by atoms with E-state index in [9.17, 15) is 14.7 Å². The molecule has 6 nitrogen and oxygen atoms in total. The summed E-state index contributed by atoms with van der Waals surface area (Å²) in [5, 5.41) is 9.57. The lowest BCUT2D eigenvalue weighted by Gasteiger charge is -2.15. The van der Waals surface area contributed by atoms with Crippen molar-refractivity contribution in [1.82, 2.24) is 0 Å². The number of epoxide rings is 1. The first-order valence-electron chi connectivity index (χ1n) is 20.8. The minimum Gasteiger partial charge on any atom is -0.462 e. The van der Waals surface area contributed by atoms with Gasteiger partial charge in [0.1, 0.15) is 6.61 Å². The van der Waals surface area contributed by atoms with E-state index in [1.165, 1.54) is 116 Å². The molecule has 0 bridgehead atoms. The Morgan fingerprint density at radius 1 is 0.667 bits per heavy atom. The van der Waals surface area contributed by atoms with Crippen LogP contribution in [0.2, 0.25) is 0 Å². The van der Waals surface area contributed by atoms with E-state index in [1.807, 2.05) is 0 Å². The Balaban J connectivity index is 1.86. The van der Waals surface area contributed by atoms with E-state index < -0.39 is 6.10 Å². The van der Waals surface area contributed by atoms with Gasteiger partial charge in [0.25, 0.3) is 0 Å². The fraction of sp³-hybridized carbons (Fsp3) is 0.905. The summed E-state index contributed by atoms with van der Waals surface area (Å²) < 4.78 is 16.4. The van der Waals surface area contributed by atoms with Crippen LogP contribution in [0.1, 0.15) is 207 Å². The Bertz CT molecular complexity index is 767. The normalized spacial score (nSPS) is 17.1. The Morgan fingerprint density at radius 3 is 1.77 bits per heavy atom. The number of hydrogen-bond acceptors (Lipinski definition) is 6. The molecule has 4 atom stereocenters. The van der Waals surface area contributed by atoms with Crippen LogP contribution in [0.15, 0.2) is 12.2 Å². The summed E-state index contributed by atoms with van der Waals surface area (Å²) in [7, 11) is 0. The molecule has 1 rings (SSSR count). The average molecular weight is 679 g/mol. The molecule has 282 valence electrons. The highest BCUT2D eigenvalue weighted by Crippen LogP contribution is 2.30. The molecule has 1 N–H and O–H groups in total. The number of unbranched alkanes of at least 4 members (excludes halogenated alkanes) is 20. The van der Waals surface area contributed by atoms with Gasteiger partial charge in [-0.2, -0.15) is 0 Å². The van der Waals surface area contributed by atoms with Gasteiger partial charge in [-0.3, -0.25) is 9.59 Å². The van der Waals surface area contributed by atoms with E-state index in [4.69, 9.17) is 14.2 Å². The first-order chi connectivity index (χ1) is 23.5. The molecule has 6 heteroatoms. The van der Waals surface area contributed by atoms with Crippen molar-refractivity contribution >= 4 is 11.9 Å². The van der Waals surface area contributed by atoms with Crippen LogP contribution in [0.25, 0.3) is 0 Å². The topological polar surface area (TPSA) is 85.4 Å². The smallest absolute Gasteiger partial charge is 0.306 e. The number of rotatable bonds is 36. The molecule has 0 radical (unpaired) electrons. The van der Waals surface area contributed by atoms with Gasteiger partial charge < -0.3 is 19.3 Å². The van der Waals surface area contributed by atoms with Crippen molar-refractivity contribution in [3.05, 3.63) is 12.2 Å². The predicted molar refractivity (Wildman–Crippen MR) is 200 cm³/mol. The molecule has 1 saturated heterocycles. The van der Waals surface area contributed by atoms with Crippen molar-refractivity contribution in [2.75, 3.05) is 13.2 Å². The standard InChI is InChI=1S/C42H78O6/c1-4-6-7-8-21-26-31-39-40(48-39)32-27-22-19-24-29-34-42(45)47-38(35-43)36-46-41(44)33-28-23-18-16-14-12-10-9-11-13-15-17-20-25-30-37(3)5-2/h21,26,37-40,43H,4-20,22-25,27-36H2,1-3H3/b26-21-/t37?,38-,39?,40?/m0/s1. The number of carbonyl (C=O) groups is 2. The van der Waals surface area contributed by atoms with Crippen molar-refractivity contribution in [2.24, 2.45) is 5.92 Å². The van der Waals surface area contributed by atoms with Gasteiger partial charge in [-0.05, 0) is 44.4 Å².